The number of anilines is 1. The Kier molecular flexibility index (Phi) is 4.08. The third-order valence-corrected chi connectivity index (χ3v) is 2.64. The molecule has 6 nitrogen and oxygen atoms in total. The third kappa shape index (κ3) is 4.41. The Labute approximate surface area is 99.3 Å². The van der Waals surface area contributed by atoms with Gasteiger partial charge in [-0.2, -0.15) is 8.42 Å². The Balaban J connectivity index is 3.15. The van der Waals surface area contributed by atoms with Gasteiger partial charge in [-0.05, 0) is 23.8 Å². The first-order valence-electron chi connectivity index (χ1n) is 4.71. The number of carbonyl (C=O) groups is 1. The fourth-order valence-corrected chi connectivity index (χ4v) is 1.96. The first-order valence-corrected chi connectivity index (χ1v) is 6.32. The molecule has 0 saturated carbocycles. The van der Waals surface area contributed by atoms with Crippen molar-refractivity contribution >= 4 is 21.7 Å². The van der Waals surface area contributed by atoms with Crippen molar-refractivity contribution in [2.75, 3.05) is 12.4 Å². The van der Waals surface area contributed by atoms with Gasteiger partial charge in [0.2, 0.25) is 5.91 Å². The van der Waals surface area contributed by atoms with E-state index in [2.05, 4.69) is 5.32 Å². The van der Waals surface area contributed by atoms with E-state index in [1.54, 1.807) is 6.07 Å². The van der Waals surface area contributed by atoms with Crippen molar-refractivity contribution in [2.45, 2.75) is 12.7 Å². The minimum absolute atomic E-state index is 0.266. The van der Waals surface area contributed by atoms with Gasteiger partial charge in [0.15, 0.2) is 0 Å². The summed E-state index contributed by atoms with van der Waals surface area (Å²) < 4.78 is 35.4. The maximum absolute atomic E-state index is 10.9. The minimum atomic E-state index is -4.17. The van der Waals surface area contributed by atoms with Crippen molar-refractivity contribution in [1.29, 1.82) is 0 Å². The van der Waals surface area contributed by atoms with Crippen LogP contribution in [0.25, 0.3) is 0 Å². The van der Waals surface area contributed by atoms with E-state index < -0.39 is 15.9 Å². The first kappa shape index (κ1) is 13.5. The molecule has 7 heteroatoms. The summed E-state index contributed by atoms with van der Waals surface area (Å²) in [5.74, 6) is -0.468. The molecule has 1 aromatic rings. The number of amides is 1. The first-order chi connectivity index (χ1) is 7.81. The van der Waals surface area contributed by atoms with E-state index >= 15 is 0 Å². The lowest BCUT2D eigenvalue weighted by molar-refractivity contribution is -0.114. The molecule has 0 radical (unpaired) electrons. The summed E-state index contributed by atoms with van der Waals surface area (Å²) in [6.45, 7) is 1.31. The molecule has 0 heterocycles. The molecule has 0 atom stereocenters. The molecule has 0 fully saturated rings. The predicted octanol–water partition coefficient (Wildman–Crippen LogP) is 1.04. The van der Waals surface area contributed by atoms with Crippen molar-refractivity contribution in [3.05, 3.63) is 23.8 Å². The van der Waals surface area contributed by atoms with Crippen LogP contribution in [0.15, 0.2) is 18.2 Å². The molecule has 0 bridgehead atoms. The zero-order chi connectivity index (χ0) is 13.1. The van der Waals surface area contributed by atoms with Crippen LogP contribution in [0.3, 0.4) is 0 Å². The molecule has 0 aromatic heterocycles. The highest BCUT2D eigenvalue weighted by molar-refractivity contribution is 7.85. The van der Waals surface area contributed by atoms with Crippen molar-refractivity contribution < 1.29 is 22.5 Å². The van der Waals surface area contributed by atoms with E-state index in [0.717, 1.165) is 0 Å². The van der Waals surface area contributed by atoms with Crippen molar-refractivity contribution in [2.24, 2.45) is 0 Å². The smallest absolute Gasteiger partial charge is 0.269 e. The summed E-state index contributed by atoms with van der Waals surface area (Å²) in [4.78, 5) is 10.9. The maximum atomic E-state index is 10.9. The van der Waals surface area contributed by atoms with Gasteiger partial charge >= 0.3 is 0 Å². The average molecular weight is 259 g/mol. The highest BCUT2D eigenvalue weighted by Gasteiger charge is 2.13. The third-order valence-electron chi connectivity index (χ3n) is 1.96. The summed E-state index contributed by atoms with van der Waals surface area (Å²) in [5.41, 5.74) is 0.595. The molecule has 1 amide bonds. The van der Waals surface area contributed by atoms with Crippen LogP contribution >= 0.6 is 0 Å². The molecule has 0 saturated heterocycles. The van der Waals surface area contributed by atoms with Gasteiger partial charge in [-0.3, -0.25) is 9.35 Å². The van der Waals surface area contributed by atoms with E-state index in [4.69, 9.17) is 9.29 Å². The van der Waals surface area contributed by atoms with Crippen LogP contribution in [0.4, 0.5) is 5.69 Å². The van der Waals surface area contributed by atoms with Gasteiger partial charge in [-0.15, -0.1) is 0 Å². The normalized spacial score (nSPS) is 11.0. The number of hydrogen-bond donors (Lipinski definition) is 2. The fourth-order valence-electron chi connectivity index (χ4n) is 1.32. The Hall–Kier alpha value is -1.60. The van der Waals surface area contributed by atoms with Gasteiger partial charge in [0.05, 0.1) is 7.11 Å². The molecule has 0 unspecified atom stereocenters. The molecule has 2 N–H and O–H groups in total. The number of ether oxygens (including phenoxy) is 1. The van der Waals surface area contributed by atoms with Crippen LogP contribution in [0.5, 0.6) is 5.75 Å². The summed E-state index contributed by atoms with van der Waals surface area (Å²) in [7, 11) is -2.73. The van der Waals surface area contributed by atoms with E-state index in [1.165, 1.54) is 26.2 Å². The molecule has 1 rings (SSSR count). The zero-order valence-corrected chi connectivity index (χ0v) is 10.2. The van der Waals surface area contributed by atoms with Gasteiger partial charge in [-0.25, -0.2) is 0 Å². The summed E-state index contributed by atoms with van der Waals surface area (Å²) in [6, 6.07) is 4.54. The largest absolute Gasteiger partial charge is 0.497 e. The molecule has 1 aromatic carbocycles. The number of rotatable bonds is 4. The average Bonchev–Trinajstić information content (AvgIpc) is 2.17. The number of methoxy groups -OCH3 is 1. The van der Waals surface area contributed by atoms with Crippen molar-refractivity contribution in [3.63, 3.8) is 0 Å². The topological polar surface area (TPSA) is 92.7 Å². The van der Waals surface area contributed by atoms with E-state index in [0.29, 0.717) is 11.4 Å². The van der Waals surface area contributed by atoms with Gasteiger partial charge in [-0.1, -0.05) is 0 Å². The number of hydrogen-bond acceptors (Lipinski definition) is 4. The quantitative estimate of drug-likeness (QED) is 0.788. The molecule has 0 aliphatic carbocycles. The van der Waals surface area contributed by atoms with Gasteiger partial charge in [0.25, 0.3) is 10.1 Å². The predicted molar refractivity (Wildman–Crippen MR) is 62.6 cm³/mol. The number of nitrogens with one attached hydrogen (secondary N) is 1. The number of benzene rings is 1. The van der Waals surface area contributed by atoms with E-state index in [-0.39, 0.29) is 11.5 Å². The van der Waals surface area contributed by atoms with Gasteiger partial charge in [0, 0.05) is 12.6 Å². The SMILES string of the molecule is COc1ccc(NC(C)=O)c(CS(=O)(=O)O)c1. The zero-order valence-electron chi connectivity index (χ0n) is 9.43. The standard InChI is InChI=1S/C10H13NO5S/c1-7(12)11-10-4-3-9(16-2)5-8(10)6-17(13,14)15/h3-5H,6H2,1-2H3,(H,11,12)(H,13,14,15). The van der Waals surface area contributed by atoms with E-state index in [1.807, 2.05) is 0 Å². The monoisotopic (exact) mass is 259 g/mol. The Morgan fingerprint density at radius 2 is 2.12 bits per heavy atom. The molecule has 0 aliphatic heterocycles. The summed E-state index contributed by atoms with van der Waals surface area (Å²) in [6.07, 6.45) is 0. The molecule has 0 aliphatic rings. The van der Waals surface area contributed by atoms with Crippen LogP contribution in [-0.4, -0.2) is 26.0 Å². The second kappa shape index (κ2) is 5.15. The lowest BCUT2D eigenvalue weighted by atomic mass is 10.2. The molecule has 0 spiro atoms. The molecular formula is C10H13NO5S. The Bertz CT molecular complexity index is 523. The van der Waals surface area contributed by atoms with Crippen LogP contribution in [0, 0.1) is 0 Å². The highest BCUT2D eigenvalue weighted by atomic mass is 32.2. The fraction of sp³-hybridized carbons (Fsp3) is 0.300. The Morgan fingerprint density at radius 3 is 2.59 bits per heavy atom. The lowest BCUT2D eigenvalue weighted by Crippen LogP contribution is -2.10. The Morgan fingerprint density at radius 1 is 1.47 bits per heavy atom. The summed E-state index contributed by atoms with van der Waals surface area (Å²) in [5, 5.41) is 2.48. The molecule has 94 valence electrons. The van der Waals surface area contributed by atoms with Crippen LogP contribution < -0.4 is 10.1 Å². The highest BCUT2D eigenvalue weighted by Crippen LogP contribution is 2.23. The van der Waals surface area contributed by atoms with E-state index in [9.17, 15) is 13.2 Å². The van der Waals surface area contributed by atoms with Crippen LogP contribution in [0.2, 0.25) is 0 Å². The van der Waals surface area contributed by atoms with Gasteiger partial charge in [0.1, 0.15) is 11.5 Å². The molecule has 17 heavy (non-hydrogen) atoms. The second-order valence-electron chi connectivity index (χ2n) is 3.43. The maximum Gasteiger partial charge on any atom is 0.269 e. The van der Waals surface area contributed by atoms with Crippen molar-refractivity contribution in [1.82, 2.24) is 0 Å². The van der Waals surface area contributed by atoms with Gasteiger partial charge < -0.3 is 10.1 Å². The van der Waals surface area contributed by atoms with Crippen molar-refractivity contribution in [3.8, 4) is 5.75 Å². The summed E-state index contributed by atoms with van der Waals surface area (Å²) >= 11 is 0. The second-order valence-corrected chi connectivity index (χ2v) is 4.88. The number of carbonyl (C=O) groups excluding carboxylic acids is 1. The van der Waals surface area contributed by atoms with Crippen LogP contribution in [-0.2, 0) is 20.7 Å². The lowest BCUT2D eigenvalue weighted by Gasteiger charge is -2.10. The minimum Gasteiger partial charge on any atom is -0.497 e. The molecular weight excluding hydrogens is 246 g/mol. The van der Waals surface area contributed by atoms with Crippen LogP contribution in [0.1, 0.15) is 12.5 Å².